The first-order valence-electron chi connectivity index (χ1n) is 5.45. The Hall–Kier alpha value is -0.550. The molecule has 1 aromatic heterocycles. The van der Waals surface area contributed by atoms with Crippen molar-refractivity contribution in [2.45, 2.75) is 49.7 Å². The molecule has 1 aromatic rings. The Balaban J connectivity index is 1.82. The van der Waals surface area contributed by atoms with Crippen molar-refractivity contribution >= 4 is 11.8 Å². The van der Waals surface area contributed by atoms with Crippen LogP contribution >= 0.6 is 11.8 Å². The van der Waals surface area contributed by atoms with Gasteiger partial charge in [-0.2, -0.15) is 16.7 Å². The third-order valence-electron chi connectivity index (χ3n) is 2.62. The summed E-state index contributed by atoms with van der Waals surface area (Å²) in [4.78, 5) is 4.25. The molecule has 0 aromatic carbocycles. The van der Waals surface area contributed by atoms with E-state index in [1.54, 1.807) is 0 Å². The highest BCUT2D eigenvalue weighted by atomic mass is 32.2. The maximum absolute atomic E-state index is 5.64. The van der Waals surface area contributed by atoms with Crippen molar-refractivity contribution in [2.24, 2.45) is 5.73 Å². The number of thioether (sulfide) groups is 1. The number of nitrogens with zero attached hydrogens (tertiary/aromatic N) is 2. The topological polar surface area (TPSA) is 64.9 Å². The molecule has 1 aliphatic rings. The van der Waals surface area contributed by atoms with E-state index in [-0.39, 0.29) is 6.04 Å². The third kappa shape index (κ3) is 2.95. The van der Waals surface area contributed by atoms with E-state index < -0.39 is 0 Å². The van der Waals surface area contributed by atoms with Gasteiger partial charge in [-0.25, -0.2) is 0 Å². The van der Waals surface area contributed by atoms with E-state index >= 15 is 0 Å². The highest BCUT2D eigenvalue weighted by molar-refractivity contribution is 7.99. The lowest BCUT2D eigenvalue weighted by Gasteiger charge is -2.04. The first-order chi connectivity index (χ1) is 7.25. The predicted molar refractivity (Wildman–Crippen MR) is 60.5 cm³/mol. The lowest BCUT2D eigenvalue weighted by Crippen LogP contribution is -2.05. The minimum atomic E-state index is -0.164. The van der Waals surface area contributed by atoms with Crippen molar-refractivity contribution in [1.82, 2.24) is 10.1 Å². The monoisotopic (exact) mass is 227 g/mol. The third-order valence-corrected chi connectivity index (χ3v) is 3.99. The molecule has 0 unspecified atom stereocenters. The van der Waals surface area contributed by atoms with E-state index in [1.165, 1.54) is 25.7 Å². The van der Waals surface area contributed by atoms with Gasteiger partial charge in [0.1, 0.15) is 0 Å². The first kappa shape index (κ1) is 11.0. The maximum atomic E-state index is 5.64. The number of rotatable bonds is 4. The Labute approximate surface area is 94.0 Å². The Morgan fingerprint density at radius 3 is 2.87 bits per heavy atom. The number of nitrogens with two attached hydrogens (primary N) is 1. The van der Waals surface area contributed by atoms with Gasteiger partial charge in [-0.1, -0.05) is 18.0 Å². The molecule has 0 aliphatic heterocycles. The molecule has 0 spiro atoms. The van der Waals surface area contributed by atoms with Gasteiger partial charge in [0.05, 0.1) is 11.8 Å². The zero-order valence-electron chi connectivity index (χ0n) is 8.98. The number of hydrogen-bond donors (Lipinski definition) is 1. The molecule has 5 heteroatoms. The van der Waals surface area contributed by atoms with Crippen LogP contribution in [0, 0.1) is 0 Å². The van der Waals surface area contributed by atoms with E-state index in [4.69, 9.17) is 10.3 Å². The summed E-state index contributed by atoms with van der Waals surface area (Å²) in [6, 6.07) is -0.164. The summed E-state index contributed by atoms with van der Waals surface area (Å²) < 4.78 is 5.04. The molecule has 0 radical (unpaired) electrons. The molecular weight excluding hydrogens is 210 g/mol. The Morgan fingerprint density at radius 2 is 2.27 bits per heavy atom. The lowest BCUT2D eigenvalue weighted by atomic mass is 10.4. The zero-order valence-corrected chi connectivity index (χ0v) is 9.80. The normalized spacial score (nSPS) is 19.6. The average Bonchev–Trinajstić information content (AvgIpc) is 2.86. The molecule has 1 atom stereocenters. The van der Waals surface area contributed by atoms with Gasteiger partial charge in [0.15, 0.2) is 5.82 Å². The molecule has 0 bridgehead atoms. The van der Waals surface area contributed by atoms with Gasteiger partial charge in [0.2, 0.25) is 5.89 Å². The smallest absolute Gasteiger partial charge is 0.243 e. The summed E-state index contributed by atoms with van der Waals surface area (Å²) in [6.45, 7) is 1.85. The second kappa shape index (κ2) is 4.99. The van der Waals surface area contributed by atoms with Gasteiger partial charge < -0.3 is 10.3 Å². The molecule has 1 heterocycles. The van der Waals surface area contributed by atoms with Gasteiger partial charge in [0.25, 0.3) is 0 Å². The van der Waals surface area contributed by atoms with Crippen LogP contribution in [0.25, 0.3) is 0 Å². The van der Waals surface area contributed by atoms with E-state index in [2.05, 4.69) is 10.1 Å². The molecular formula is C10H17N3OS. The summed E-state index contributed by atoms with van der Waals surface area (Å²) in [5.41, 5.74) is 5.64. The summed E-state index contributed by atoms with van der Waals surface area (Å²) >= 11 is 1.94. The molecule has 1 fully saturated rings. The summed E-state index contributed by atoms with van der Waals surface area (Å²) in [7, 11) is 0. The minimum absolute atomic E-state index is 0.164. The van der Waals surface area contributed by atoms with Crippen molar-refractivity contribution in [3.63, 3.8) is 0 Å². The van der Waals surface area contributed by atoms with Crippen LogP contribution in [0.2, 0.25) is 0 Å². The molecule has 15 heavy (non-hydrogen) atoms. The molecule has 1 aliphatic carbocycles. The summed E-state index contributed by atoms with van der Waals surface area (Å²) in [6.07, 6.45) is 5.41. The van der Waals surface area contributed by atoms with Crippen LogP contribution in [0.4, 0.5) is 0 Å². The van der Waals surface area contributed by atoms with Crippen molar-refractivity contribution in [3.05, 3.63) is 11.7 Å². The Morgan fingerprint density at radius 1 is 1.53 bits per heavy atom. The fraction of sp³-hybridized carbons (Fsp3) is 0.800. The van der Waals surface area contributed by atoms with Crippen LogP contribution in [0.15, 0.2) is 4.52 Å². The molecule has 4 nitrogen and oxygen atoms in total. The highest BCUT2D eigenvalue weighted by Gasteiger charge is 2.17. The molecule has 0 saturated heterocycles. The predicted octanol–water partition coefficient (Wildman–Crippen LogP) is 2.27. The maximum Gasteiger partial charge on any atom is 0.243 e. The quantitative estimate of drug-likeness (QED) is 0.854. The Kier molecular flexibility index (Phi) is 3.64. The van der Waals surface area contributed by atoms with Crippen molar-refractivity contribution in [2.75, 3.05) is 0 Å². The number of hydrogen-bond acceptors (Lipinski definition) is 5. The molecule has 2 N–H and O–H groups in total. The molecule has 0 amide bonds. The zero-order chi connectivity index (χ0) is 10.7. The SMILES string of the molecule is C[C@@H](N)c1nc(CSC2CCCC2)no1. The van der Waals surface area contributed by atoms with Crippen LogP contribution < -0.4 is 5.73 Å². The summed E-state index contributed by atoms with van der Waals surface area (Å²) in [5, 5.41) is 4.71. The average molecular weight is 227 g/mol. The second-order valence-electron chi connectivity index (χ2n) is 4.05. The fourth-order valence-electron chi connectivity index (χ4n) is 1.76. The van der Waals surface area contributed by atoms with Crippen molar-refractivity contribution < 1.29 is 4.52 Å². The van der Waals surface area contributed by atoms with Crippen LogP contribution in [-0.4, -0.2) is 15.4 Å². The first-order valence-corrected chi connectivity index (χ1v) is 6.50. The van der Waals surface area contributed by atoms with Crippen molar-refractivity contribution in [1.29, 1.82) is 0 Å². The highest BCUT2D eigenvalue weighted by Crippen LogP contribution is 2.31. The second-order valence-corrected chi connectivity index (χ2v) is 5.34. The van der Waals surface area contributed by atoms with Crippen LogP contribution in [0.5, 0.6) is 0 Å². The molecule has 1 saturated carbocycles. The fourth-order valence-corrected chi connectivity index (χ4v) is 2.93. The molecule has 84 valence electrons. The van der Waals surface area contributed by atoms with Gasteiger partial charge >= 0.3 is 0 Å². The summed E-state index contributed by atoms with van der Waals surface area (Å²) in [5.74, 6) is 2.16. The standard InChI is InChI=1S/C10H17N3OS/c1-7(11)10-12-9(13-14-10)6-15-8-4-2-3-5-8/h7-8H,2-6,11H2,1H3/t7-/m1/s1. The van der Waals surface area contributed by atoms with Gasteiger partial charge in [-0.05, 0) is 19.8 Å². The van der Waals surface area contributed by atoms with Gasteiger partial charge in [-0.3, -0.25) is 0 Å². The largest absolute Gasteiger partial charge is 0.338 e. The van der Waals surface area contributed by atoms with Crippen LogP contribution in [0.1, 0.15) is 50.4 Å². The number of aromatic nitrogens is 2. The lowest BCUT2D eigenvalue weighted by molar-refractivity contribution is 0.358. The minimum Gasteiger partial charge on any atom is -0.338 e. The van der Waals surface area contributed by atoms with Crippen molar-refractivity contribution in [3.8, 4) is 0 Å². The van der Waals surface area contributed by atoms with Crippen LogP contribution in [-0.2, 0) is 5.75 Å². The van der Waals surface area contributed by atoms with E-state index in [0.717, 1.165) is 16.8 Å². The van der Waals surface area contributed by atoms with E-state index in [0.29, 0.717) is 5.89 Å². The van der Waals surface area contributed by atoms with Crippen LogP contribution in [0.3, 0.4) is 0 Å². The van der Waals surface area contributed by atoms with Gasteiger partial charge in [-0.15, -0.1) is 0 Å². The van der Waals surface area contributed by atoms with E-state index in [1.807, 2.05) is 18.7 Å². The Bertz CT molecular complexity index is 307. The van der Waals surface area contributed by atoms with E-state index in [9.17, 15) is 0 Å². The van der Waals surface area contributed by atoms with Gasteiger partial charge in [0, 0.05) is 5.25 Å². The molecule has 2 rings (SSSR count).